The summed E-state index contributed by atoms with van der Waals surface area (Å²) in [5, 5.41) is 0. The molecule has 1 aliphatic heterocycles. The fourth-order valence-corrected chi connectivity index (χ4v) is 3.05. The van der Waals surface area contributed by atoms with Gasteiger partial charge in [-0.25, -0.2) is 4.79 Å². The fraction of sp³-hybridized carbons (Fsp3) is 0.364. The van der Waals surface area contributed by atoms with Gasteiger partial charge in [-0.1, -0.05) is 30.3 Å². The predicted octanol–water partition coefficient (Wildman–Crippen LogP) is 3.97. The van der Waals surface area contributed by atoms with Gasteiger partial charge in [0, 0.05) is 43.0 Å². The summed E-state index contributed by atoms with van der Waals surface area (Å²) in [6, 6.07) is 17.0. The van der Waals surface area contributed by atoms with Crippen LogP contribution in [-0.4, -0.2) is 48.6 Å². The van der Waals surface area contributed by atoms with Crippen molar-refractivity contribution in [2.45, 2.75) is 26.4 Å². The molecular weight excluding hydrogens is 340 g/mol. The summed E-state index contributed by atoms with van der Waals surface area (Å²) in [6.07, 6.45) is -0.258. The van der Waals surface area contributed by atoms with Crippen LogP contribution >= 0.6 is 0 Å². The Morgan fingerprint density at radius 1 is 0.815 bits per heavy atom. The quantitative estimate of drug-likeness (QED) is 0.771. The SMILES string of the molecule is CC(C)(C)OC(=O)N1CCN(c2ccc(C(=O)c3ccccc3)cc2)CC1. The van der Waals surface area contributed by atoms with Gasteiger partial charge in [0.15, 0.2) is 5.78 Å². The van der Waals surface area contributed by atoms with Crippen LogP contribution in [0.2, 0.25) is 0 Å². The maximum absolute atomic E-state index is 12.5. The molecule has 1 saturated heterocycles. The number of amides is 1. The molecule has 3 rings (SSSR count). The number of carbonyl (C=O) groups excluding carboxylic acids is 2. The predicted molar refractivity (Wildman–Crippen MR) is 106 cm³/mol. The summed E-state index contributed by atoms with van der Waals surface area (Å²) >= 11 is 0. The highest BCUT2D eigenvalue weighted by atomic mass is 16.6. The summed E-state index contributed by atoms with van der Waals surface area (Å²) in [4.78, 5) is 28.6. The summed E-state index contributed by atoms with van der Waals surface area (Å²) in [7, 11) is 0. The largest absolute Gasteiger partial charge is 0.444 e. The summed E-state index contributed by atoms with van der Waals surface area (Å²) < 4.78 is 5.43. The van der Waals surface area contributed by atoms with Gasteiger partial charge >= 0.3 is 6.09 Å². The van der Waals surface area contributed by atoms with E-state index < -0.39 is 5.60 Å². The monoisotopic (exact) mass is 366 g/mol. The molecule has 0 radical (unpaired) electrons. The van der Waals surface area contributed by atoms with E-state index >= 15 is 0 Å². The number of benzene rings is 2. The molecule has 5 nitrogen and oxygen atoms in total. The average Bonchev–Trinajstić information content (AvgIpc) is 2.67. The number of ether oxygens (including phenoxy) is 1. The van der Waals surface area contributed by atoms with Crippen LogP contribution in [0, 0.1) is 0 Å². The molecule has 27 heavy (non-hydrogen) atoms. The molecule has 0 atom stereocenters. The summed E-state index contributed by atoms with van der Waals surface area (Å²) in [5.41, 5.74) is 1.95. The minimum Gasteiger partial charge on any atom is -0.444 e. The zero-order valence-electron chi connectivity index (χ0n) is 16.1. The van der Waals surface area contributed by atoms with Crippen LogP contribution in [0.3, 0.4) is 0 Å². The minimum absolute atomic E-state index is 0.0249. The van der Waals surface area contributed by atoms with Crippen molar-refractivity contribution in [2.24, 2.45) is 0 Å². The lowest BCUT2D eigenvalue weighted by Crippen LogP contribution is -2.50. The summed E-state index contributed by atoms with van der Waals surface area (Å²) in [5.74, 6) is 0.0249. The van der Waals surface area contributed by atoms with Gasteiger partial charge in [-0.3, -0.25) is 4.79 Å². The Morgan fingerprint density at radius 3 is 1.93 bits per heavy atom. The van der Waals surface area contributed by atoms with Crippen LogP contribution < -0.4 is 4.90 Å². The van der Waals surface area contributed by atoms with Gasteiger partial charge in [0.25, 0.3) is 0 Å². The molecule has 1 aliphatic rings. The Morgan fingerprint density at radius 2 is 1.37 bits per heavy atom. The molecule has 0 saturated carbocycles. The van der Waals surface area contributed by atoms with E-state index in [1.54, 1.807) is 4.90 Å². The maximum atomic E-state index is 12.5. The molecule has 2 aromatic carbocycles. The second kappa shape index (κ2) is 7.82. The van der Waals surface area contributed by atoms with E-state index in [0.717, 1.165) is 18.8 Å². The molecule has 0 aromatic heterocycles. The van der Waals surface area contributed by atoms with Crippen LogP contribution in [0.15, 0.2) is 54.6 Å². The first-order valence-electron chi connectivity index (χ1n) is 9.26. The first-order valence-corrected chi connectivity index (χ1v) is 9.26. The van der Waals surface area contributed by atoms with Crippen molar-refractivity contribution in [3.63, 3.8) is 0 Å². The molecule has 1 fully saturated rings. The smallest absolute Gasteiger partial charge is 0.410 e. The fourth-order valence-electron chi connectivity index (χ4n) is 3.05. The molecule has 2 aromatic rings. The van der Waals surface area contributed by atoms with Crippen molar-refractivity contribution in [3.05, 3.63) is 65.7 Å². The van der Waals surface area contributed by atoms with E-state index in [1.807, 2.05) is 75.4 Å². The summed E-state index contributed by atoms with van der Waals surface area (Å²) in [6.45, 7) is 8.36. The normalized spacial score (nSPS) is 14.8. The number of piperazine rings is 1. The molecule has 142 valence electrons. The van der Waals surface area contributed by atoms with Gasteiger partial charge in [0.05, 0.1) is 0 Å². The number of ketones is 1. The Bertz CT molecular complexity index is 787. The van der Waals surface area contributed by atoms with Crippen LogP contribution in [0.4, 0.5) is 10.5 Å². The van der Waals surface area contributed by atoms with E-state index in [2.05, 4.69) is 4.90 Å². The number of rotatable bonds is 3. The molecule has 0 bridgehead atoms. The first-order chi connectivity index (χ1) is 12.8. The third-order valence-electron chi connectivity index (χ3n) is 4.46. The van der Waals surface area contributed by atoms with Gasteiger partial charge in [0.2, 0.25) is 0 Å². The maximum Gasteiger partial charge on any atom is 0.410 e. The zero-order chi connectivity index (χ0) is 19.4. The van der Waals surface area contributed by atoms with Crippen molar-refractivity contribution in [2.75, 3.05) is 31.1 Å². The van der Waals surface area contributed by atoms with Crippen LogP contribution in [-0.2, 0) is 4.74 Å². The number of nitrogens with zero attached hydrogens (tertiary/aromatic N) is 2. The molecule has 0 unspecified atom stereocenters. The molecule has 0 N–H and O–H groups in total. The molecule has 1 amide bonds. The van der Waals surface area contributed by atoms with Crippen molar-refractivity contribution >= 4 is 17.6 Å². The van der Waals surface area contributed by atoms with Crippen molar-refractivity contribution in [3.8, 4) is 0 Å². The molecule has 0 aliphatic carbocycles. The standard InChI is InChI=1S/C22H26N2O3/c1-22(2,3)27-21(26)24-15-13-23(14-16-24)19-11-9-18(10-12-19)20(25)17-7-5-4-6-8-17/h4-12H,13-16H2,1-3H3. The Hall–Kier alpha value is -2.82. The van der Waals surface area contributed by atoms with Gasteiger partial charge in [-0.15, -0.1) is 0 Å². The second-order valence-electron chi connectivity index (χ2n) is 7.70. The topological polar surface area (TPSA) is 49.9 Å². The molecule has 5 heteroatoms. The average molecular weight is 366 g/mol. The van der Waals surface area contributed by atoms with E-state index in [9.17, 15) is 9.59 Å². The number of anilines is 1. The highest BCUT2D eigenvalue weighted by Crippen LogP contribution is 2.20. The number of hydrogen-bond donors (Lipinski definition) is 0. The highest BCUT2D eigenvalue weighted by molar-refractivity contribution is 6.09. The Labute approximate surface area is 160 Å². The first kappa shape index (κ1) is 19.0. The van der Waals surface area contributed by atoms with Gasteiger partial charge in [0.1, 0.15) is 5.60 Å². The van der Waals surface area contributed by atoms with E-state index in [1.165, 1.54) is 0 Å². The zero-order valence-corrected chi connectivity index (χ0v) is 16.1. The van der Waals surface area contributed by atoms with Gasteiger partial charge in [-0.2, -0.15) is 0 Å². The molecule has 0 spiro atoms. The van der Waals surface area contributed by atoms with Crippen molar-refractivity contribution in [1.82, 2.24) is 4.90 Å². The lowest BCUT2D eigenvalue weighted by molar-refractivity contribution is 0.0240. The molecular formula is C22H26N2O3. The van der Waals surface area contributed by atoms with Crippen LogP contribution in [0.5, 0.6) is 0 Å². The highest BCUT2D eigenvalue weighted by Gasteiger charge is 2.26. The van der Waals surface area contributed by atoms with Crippen molar-refractivity contribution < 1.29 is 14.3 Å². The van der Waals surface area contributed by atoms with Gasteiger partial charge in [-0.05, 0) is 45.0 Å². The second-order valence-corrected chi connectivity index (χ2v) is 7.70. The van der Waals surface area contributed by atoms with E-state index in [-0.39, 0.29) is 11.9 Å². The van der Waals surface area contributed by atoms with Crippen LogP contribution in [0.1, 0.15) is 36.7 Å². The Balaban J connectivity index is 1.59. The number of hydrogen-bond acceptors (Lipinski definition) is 4. The van der Waals surface area contributed by atoms with E-state index in [4.69, 9.17) is 4.74 Å². The lowest BCUT2D eigenvalue weighted by Gasteiger charge is -2.36. The van der Waals surface area contributed by atoms with Gasteiger partial charge < -0.3 is 14.5 Å². The Kier molecular flexibility index (Phi) is 5.49. The minimum atomic E-state index is -0.477. The van der Waals surface area contributed by atoms with Crippen LogP contribution in [0.25, 0.3) is 0 Å². The molecule has 1 heterocycles. The third-order valence-corrected chi connectivity index (χ3v) is 4.46. The van der Waals surface area contributed by atoms with Crippen molar-refractivity contribution in [1.29, 1.82) is 0 Å². The van der Waals surface area contributed by atoms with E-state index in [0.29, 0.717) is 24.2 Å². The third kappa shape index (κ3) is 4.88. The number of carbonyl (C=O) groups is 2. The lowest BCUT2D eigenvalue weighted by atomic mass is 10.0.